The van der Waals surface area contributed by atoms with Crippen LogP contribution in [0.4, 0.5) is 0 Å². The Balaban J connectivity index is -0.000000222. The van der Waals surface area contributed by atoms with Crippen LogP contribution in [0.1, 0.15) is 12.8 Å². The first-order valence-corrected chi connectivity index (χ1v) is 16.6. The molecular formula is C22H40Ac4O8Si2. The molecule has 0 saturated carbocycles. The third-order valence-corrected chi connectivity index (χ3v) is 7.98. The Bertz CT molecular complexity index is 606. The second-order valence-electron chi connectivity index (χ2n) is 8.34. The van der Waals surface area contributed by atoms with E-state index in [2.05, 4.69) is 25.2 Å². The van der Waals surface area contributed by atoms with Gasteiger partial charge in [0.15, 0.2) is 0 Å². The van der Waals surface area contributed by atoms with Crippen molar-refractivity contribution in [2.45, 2.75) is 63.4 Å². The van der Waals surface area contributed by atoms with E-state index in [4.69, 9.17) is 38.1 Å². The summed E-state index contributed by atoms with van der Waals surface area (Å²) in [7, 11) is -3.80. The largest absolute Gasteiger partial charge is 0.392 e. The predicted octanol–water partition coefficient (Wildman–Crippen LogP) is 1.92. The molecule has 0 aromatic heterocycles. The molecular weight excluding hydrogens is 1360 g/mol. The molecule has 1 aliphatic carbocycles. The van der Waals surface area contributed by atoms with Crippen molar-refractivity contribution < 1.29 is 214 Å². The quantitative estimate of drug-likeness (QED) is 0.236. The predicted molar refractivity (Wildman–Crippen MR) is 129 cm³/mol. The minimum absolute atomic E-state index is 0. The van der Waals surface area contributed by atoms with Gasteiger partial charge in [-0.25, -0.2) is 0 Å². The average molecular weight is 1400 g/mol. The van der Waals surface area contributed by atoms with Gasteiger partial charge in [-0.2, -0.15) is 0 Å². The Morgan fingerprint density at radius 1 is 0.583 bits per heavy atom. The maximum absolute atomic E-state index is 8.73. The summed E-state index contributed by atoms with van der Waals surface area (Å²) in [5.41, 5.74) is 0. The van der Waals surface area contributed by atoms with Crippen molar-refractivity contribution in [3.8, 4) is 0 Å². The Hall–Kier alpha value is 4.84. The maximum Gasteiger partial charge on any atom is 0.332 e. The fourth-order valence-corrected chi connectivity index (χ4v) is 7.18. The van der Waals surface area contributed by atoms with Gasteiger partial charge in [-0.3, -0.25) is 0 Å². The molecule has 2 fully saturated rings. The zero-order valence-electron chi connectivity index (χ0n) is 21.9. The topological polar surface area (TPSA) is 118 Å². The SMILES string of the molecule is C[Si]1(C)OC(/C=C/CO)CC(/C=C/CO)O1.C[Si]1(C)OC2C=CC(C2)O1.OC/C=C\CO.[Ac].[Ac].[Ac].[Ac]. The summed E-state index contributed by atoms with van der Waals surface area (Å²) in [5, 5.41) is 33.4. The fraction of sp³-hybridized carbons (Fsp3) is 0.636. The first-order chi connectivity index (χ1) is 15.1. The molecule has 4 atom stereocenters. The molecule has 0 spiro atoms. The van der Waals surface area contributed by atoms with Crippen LogP contribution in [0.15, 0.2) is 48.6 Å². The van der Waals surface area contributed by atoms with Gasteiger partial charge in [0.1, 0.15) is 0 Å². The summed E-state index contributed by atoms with van der Waals surface area (Å²) >= 11 is 0. The zero-order valence-corrected chi connectivity index (χ0v) is 42.9. The van der Waals surface area contributed by atoms with Crippen LogP contribution in [0.2, 0.25) is 26.2 Å². The van der Waals surface area contributed by atoms with Crippen LogP contribution in [0.25, 0.3) is 0 Å². The van der Waals surface area contributed by atoms with Gasteiger partial charge in [-0.05, 0) is 26.2 Å². The second kappa shape index (κ2) is 27.4. The van der Waals surface area contributed by atoms with E-state index in [0.717, 1.165) is 12.8 Å². The third-order valence-electron chi connectivity index (χ3n) is 4.50. The van der Waals surface area contributed by atoms with Gasteiger partial charge in [0, 0.05) is 189 Å². The van der Waals surface area contributed by atoms with Gasteiger partial charge in [0.2, 0.25) is 0 Å². The molecule has 8 nitrogen and oxygen atoms in total. The zero-order chi connectivity index (χ0) is 24.0. The van der Waals surface area contributed by atoms with Crippen LogP contribution >= 0.6 is 0 Å². The Morgan fingerprint density at radius 3 is 1.25 bits per heavy atom. The van der Waals surface area contributed by atoms with E-state index in [1.165, 1.54) is 12.2 Å². The Labute approximate surface area is 362 Å². The van der Waals surface area contributed by atoms with Gasteiger partial charge < -0.3 is 38.1 Å². The number of rotatable bonds is 6. The number of hydrogen-bond acceptors (Lipinski definition) is 8. The number of aliphatic hydroxyl groups is 4. The van der Waals surface area contributed by atoms with Crippen molar-refractivity contribution in [2.24, 2.45) is 0 Å². The van der Waals surface area contributed by atoms with Gasteiger partial charge in [0.05, 0.1) is 50.8 Å². The molecule has 3 aliphatic rings. The van der Waals surface area contributed by atoms with Crippen molar-refractivity contribution in [3.05, 3.63) is 48.6 Å². The third kappa shape index (κ3) is 23.3. The molecule has 3 rings (SSSR count). The molecule has 2 bridgehead atoms. The monoisotopic (exact) mass is 1400 g/mol. The summed E-state index contributed by atoms with van der Waals surface area (Å²) in [4.78, 5) is 0. The normalized spacial score (nSPS) is 26.9. The number of aliphatic hydroxyl groups excluding tert-OH is 4. The van der Waals surface area contributed by atoms with E-state index in [0.29, 0.717) is 12.2 Å². The van der Waals surface area contributed by atoms with E-state index in [-0.39, 0.29) is 215 Å². The molecule has 2 saturated heterocycles. The van der Waals surface area contributed by atoms with E-state index in [1.54, 1.807) is 12.2 Å². The van der Waals surface area contributed by atoms with Crippen LogP contribution in [0, 0.1) is 176 Å². The second-order valence-corrected chi connectivity index (χ2v) is 14.9. The van der Waals surface area contributed by atoms with Crippen molar-refractivity contribution in [3.63, 3.8) is 0 Å². The molecule has 0 amide bonds. The molecule has 2 heterocycles. The van der Waals surface area contributed by atoms with Gasteiger partial charge in [0.25, 0.3) is 0 Å². The number of hydrogen-bond donors (Lipinski definition) is 4. The summed E-state index contributed by atoms with van der Waals surface area (Å²) in [5.74, 6) is 0. The number of fused-ring (bicyclic) bond motifs is 2. The summed E-state index contributed by atoms with van der Waals surface area (Å²) < 4.78 is 23.0. The minimum Gasteiger partial charge on any atom is -0.392 e. The van der Waals surface area contributed by atoms with Crippen molar-refractivity contribution in [1.82, 2.24) is 0 Å². The van der Waals surface area contributed by atoms with Crippen LogP contribution in [0.5, 0.6) is 0 Å². The molecule has 4 radical (unpaired) electrons. The Morgan fingerprint density at radius 2 is 0.917 bits per heavy atom. The molecule has 2 aliphatic heterocycles. The van der Waals surface area contributed by atoms with Crippen molar-refractivity contribution in [1.29, 1.82) is 0 Å². The average Bonchev–Trinajstić information content (AvgIpc) is 3.07. The van der Waals surface area contributed by atoms with E-state index in [9.17, 15) is 0 Å². The van der Waals surface area contributed by atoms with E-state index >= 15 is 0 Å². The molecule has 0 aromatic carbocycles. The van der Waals surface area contributed by atoms with Crippen LogP contribution < -0.4 is 0 Å². The van der Waals surface area contributed by atoms with Crippen molar-refractivity contribution in [2.75, 3.05) is 26.4 Å². The first kappa shape index (κ1) is 47.8. The van der Waals surface area contributed by atoms with E-state index in [1.807, 2.05) is 25.2 Å². The summed E-state index contributed by atoms with van der Waals surface area (Å²) in [6.07, 6.45) is 16.8. The van der Waals surface area contributed by atoms with Gasteiger partial charge >= 0.3 is 17.1 Å². The molecule has 4 unspecified atom stereocenters. The smallest absolute Gasteiger partial charge is 0.332 e. The van der Waals surface area contributed by atoms with Crippen molar-refractivity contribution >= 4 is 17.1 Å². The van der Waals surface area contributed by atoms with E-state index < -0.39 is 17.1 Å². The Kier molecular flexibility index (Phi) is 36.3. The van der Waals surface area contributed by atoms with Gasteiger partial charge in [-0.15, -0.1) is 0 Å². The van der Waals surface area contributed by atoms with Gasteiger partial charge in [-0.1, -0.05) is 48.6 Å². The molecule has 196 valence electrons. The maximum atomic E-state index is 8.73. The standard InChI is InChI=1S/C11H20O4Si.C7H12O2Si.C4H8O2.4Ac/c1-16(2)14-10(5-3-7-12)9-11(15-16)6-4-8-13;1-10(2)8-6-3-4-7(5-6)9-10;5-3-1-2-4-6;;;;/h3-6,10-13H,7-9H2,1-2H3;3-4,6-7H,5H2,1-2H3;1-2,5-6H,3-4H2;;;;/b5-3+,6-4+;;2-1-;;;;. The summed E-state index contributed by atoms with van der Waals surface area (Å²) in [6.45, 7) is 8.26. The van der Waals surface area contributed by atoms with Crippen LogP contribution in [-0.4, -0.2) is 88.4 Å². The minimum atomic E-state index is -2.08. The summed E-state index contributed by atoms with van der Waals surface area (Å²) in [6, 6.07) is 0. The molecule has 36 heavy (non-hydrogen) atoms. The first-order valence-electron chi connectivity index (χ1n) is 11.0. The van der Waals surface area contributed by atoms with Crippen LogP contribution in [0.3, 0.4) is 0 Å². The fourth-order valence-electron chi connectivity index (χ4n) is 3.46. The molecule has 4 N–H and O–H groups in total. The molecule has 14 heteroatoms. The van der Waals surface area contributed by atoms with Crippen LogP contribution in [-0.2, 0) is 17.7 Å². The molecule has 0 aromatic rings.